The molecular formula is C31H62N4O10. The number of aromatic nitrogens is 3. The predicted octanol–water partition coefficient (Wildman–Crippen LogP) is 2.13. The van der Waals surface area contributed by atoms with E-state index in [1.165, 1.54) is 19.3 Å². The number of hydrogen-bond donors (Lipinski definition) is 1. The van der Waals surface area contributed by atoms with Gasteiger partial charge in [0.15, 0.2) is 0 Å². The number of nitrogens with zero attached hydrogens (tertiary/aromatic N) is 3. The standard InChI is InChI=1S/C31H62N4O10/c1-3-5-6-7-32-8-11-37-13-14-38-15-16-39-17-18-40-19-20-41-21-22-42-23-24-43-25-26-44-27-28-45-30-31-29-35(34-33-31)9-12-36-10-4-2/h29,32H,3-28,30H2,1-2H3. The van der Waals surface area contributed by atoms with Gasteiger partial charge in [0.25, 0.3) is 0 Å². The normalized spacial score (nSPS) is 11.6. The molecule has 0 unspecified atom stereocenters. The first-order valence-corrected chi connectivity index (χ1v) is 16.7. The van der Waals surface area contributed by atoms with Crippen LogP contribution in [-0.2, 0) is 60.5 Å². The second kappa shape index (κ2) is 35.6. The number of ether oxygens (including phenoxy) is 10. The summed E-state index contributed by atoms with van der Waals surface area (Å²) in [5, 5.41) is 11.5. The first-order chi connectivity index (χ1) is 22.4. The summed E-state index contributed by atoms with van der Waals surface area (Å²) in [5.41, 5.74) is 0.792. The van der Waals surface area contributed by atoms with Gasteiger partial charge in [0, 0.05) is 13.2 Å². The molecule has 14 heteroatoms. The number of nitrogens with one attached hydrogen (secondary N) is 1. The van der Waals surface area contributed by atoms with E-state index in [-0.39, 0.29) is 0 Å². The van der Waals surface area contributed by atoms with Crippen molar-refractivity contribution in [2.75, 3.05) is 139 Å². The van der Waals surface area contributed by atoms with E-state index in [1.54, 1.807) is 4.68 Å². The predicted molar refractivity (Wildman–Crippen MR) is 170 cm³/mol. The smallest absolute Gasteiger partial charge is 0.108 e. The van der Waals surface area contributed by atoms with Gasteiger partial charge in [0.1, 0.15) is 5.69 Å². The molecule has 0 fully saturated rings. The van der Waals surface area contributed by atoms with Gasteiger partial charge in [-0.2, -0.15) is 0 Å². The average molecular weight is 651 g/mol. The molecule has 1 aromatic rings. The lowest BCUT2D eigenvalue weighted by molar-refractivity contribution is -0.0253. The Morgan fingerprint density at radius 1 is 0.489 bits per heavy atom. The zero-order chi connectivity index (χ0) is 32.1. The molecule has 1 rings (SSSR count). The summed E-state index contributed by atoms with van der Waals surface area (Å²) >= 11 is 0. The molecule has 0 aliphatic carbocycles. The topological polar surface area (TPSA) is 135 Å². The maximum Gasteiger partial charge on any atom is 0.108 e. The summed E-state index contributed by atoms with van der Waals surface area (Å²) in [7, 11) is 0. The highest BCUT2D eigenvalue weighted by atomic mass is 16.6. The Bertz CT molecular complexity index is 705. The average Bonchev–Trinajstić information content (AvgIpc) is 3.51. The maximum atomic E-state index is 5.57. The fourth-order valence-corrected chi connectivity index (χ4v) is 3.62. The number of unbranched alkanes of at least 4 members (excludes halogenated alkanes) is 2. The van der Waals surface area contributed by atoms with Crippen LogP contribution in [0.15, 0.2) is 6.20 Å². The van der Waals surface area contributed by atoms with Crippen LogP contribution in [-0.4, -0.2) is 154 Å². The molecule has 0 bridgehead atoms. The maximum absolute atomic E-state index is 5.57. The molecule has 0 radical (unpaired) electrons. The van der Waals surface area contributed by atoms with Gasteiger partial charge in [-0.3, -0.25) is 0 Å². The Labute approximate surface area is 270 Å². The molecule has 0 spiro atoms. The van der Waals surface area contributed by atoms with Crippen LogP contribution in [0.4, 0.5) is 0 Å². The summed E-state index contributed by atoms with van der Waals surface area (Å²) < 4.78 is 56.8. The summed E-state index contributed by atoms with van der Waals surface area (Å²) in [6.45, 7) is 17.9. The van der Waals surface area contributed by atoms with Crippen molar-refractivity contribution >= 4 is 0 Å². The van der Waals surface area contributed by atoms with Gasteiger partial charge in [-0.1, -0.05) is 31.9 Å². The minimum atomic E-state index is 0.407. The molecular weight excluding hydrogens is 588 g/mol. The van der Waals surface area contributed by atoms with Crippen LogP contribution in [0.2, 0.25) is 0 Å². The monoisotopic (exact) mass is 650 g/mol. The number of hydrogen-bond acceptors (Lipinski definition) is 13. The van der Waals surface area contributed by atoms with Crippen molar-refractivity contribution in [2.24, 2.45) is 0 Å². The summed E-state index contributed by atoms with van der Waals surface area (Å²) in [6, 6.07) is 0. The van der Waals surface area contributed by atoms with Crippen molar-refractivity contribution in [2.45, 2.75) is 52.7 Å². The van der Waals surface area contributed by atoms with Crippen molar-refractivity contribution in [3.8, 4) is 0 Å². The molecule has 1 heterocycles. The van der Waals surface area contributed by atoms with Crippen molar-refractivity contribution in [1.82, 2.24) is 20.3 Å². The lowest BCUT2D eigenvalue weighted by Gasteiger charge is -2.09. The molecule has 0 aliphatic rings. The molecule has 0 atom stereocenters. The summed E-state index contributed by atoms with van der Waals surface area (Å²) in [4.78, 5) is 0. The van der Waals surface area contributed by atoms with Crippen LogP contribution in [0, 0.1) is 0 Å². The highest BCUT2D eigenvalue weighted by molar-refractivity contribution is 4.89. The van der Waals surface area contributed by atoms with Crippen molar-refractivity contribution in [1.29, 1.82) is 0 Å². The van der Waals surface area contributed by atoms with Crippen LogP contribution in [0.1, 0.15) is 45.2 Å². The van der Waals surface area contributed by atoms with Crippen LogP contribution in [0.25, 0.3) is 0 Å². The molecule has 0 amide bonds. The van der Waals surface area contributed by atoms with Gasteiger partial charge < -0.3 is 52.7 Å². The van der Waals surface area contributed by atoms with E-state index in [1.807, 2.05) is 6.20 Å². The SMILES string of the molecule is CCCCCNCCOCCOCCOCCOCCOCCOCCOCCOCCOCc1cn(CCOCCC)nn1. The highest BCUT2D eigenvalue weighted by Gasteiger charge is 2.01. The fraction of sp³-hybridized carbons (Fsp3) is 0.935. The minimum Gasteiger partial charge on any atom is -0.380 e. The summed E-state index contributed by atoms with van der Waals surface area (Å²) in [6.07, 6.45) is 6.64. The highest BCUT2D eigenvalue weighted by Crippen LogP contribution is 1.97. The third kappa shape index (κ3) is 31.1. The first kappa shape index (κ1) is 41.7. The lowest BCUT2D eigenvalue weighted by atomic mass is 10.2. The van der Waals surface area contributed by atoms with Crippen LogP contribution < -0.4 is 5.32 Å². The van der Waals surface area contributed by atoms with E-state index < -0.39 is 0 Å². The minimum absolute atomic E-state index is 0.407. The van der Waals surface area contributed by atoms with E-state index in [0.29, 0.717) is 125 Å². The molecule has 0 saturated carbocycles. The molecule has 0 saturated heterocycles. The Morgan fingerprint density at radius 3 is 1.40 bits per heavy atom. The third-order valence-corrected chi connectivity index (χ3v) is 6.01. The molecule has 0 aromatic carbocycles. The molecule has 0 aliphatic heterocycles. The van der Waals surface area contributed by atoms with Crippen LogP contribution >= 0.6 is 0 Å². The summed E-state index contributed by atoms with van der Waals surface area (Å²) in [5.74, 6) is 0. The van der Waals surface area contributed by atoms with Gasteiger partial charge in [-0.25, -0.2) is 4.68 Å². The first-order valence-electron chi connectivity index (χ1n) is 16.7. The third-order valence-electron chi connectivity index (χ3n) is 6.01. The Hall–Kier alpha value is -1.30. The van der Waals surface area contributed by atoms with Gasteiger partial charge in [0.05, 0.1) is 138 Å². The molecule has 1 aromatic heterocycles. The van der Waals surface area contributed by atoms with Crippen molar-refractivity contribution in [3.63, 3.8) is 0 Å². The Morgan fingerprint density at radius 2 is 0.933 bits per heavy atom. The Balaban J connectivity index is 1.66. The fourth-order valence-electron chi connectivity index (χ4n) is 3.62. The van der Waals surface area contributed by atoms with Crippen LogP contribution in [0.5, 0.6) is 0 Å². The Kier molecular flexibility index (Phi) is 33.0. The second-order valence-electron chi connectivity index (χ2n) is 9.99. The van der Waals surface area contributed by atoms with Gasteiger partial charge in [-0.05, 0) is 19.4 Å². The molecule has 45 heavy (non-hydrogen) atoms. The van der Waals surface area contributed by atoms with E-state index in [4.69, 9.17) is 47.4 Å². The van der Waals surface area contributed by atoms with E-state index in [9.17, 15) is 0 Å². The number of rotatable bonds is 38. The second-order valence-corrected chi connectivity index (χ2v) is 9.99. The molecule has 266 valence electrons. The van der Waals surface area contributed by atoms with Gasteiger partial charge in [0.2, 0.25) is 0 Å². The van der Waals surface area contributed by atoms with E-state index >= 15 is 0 Å². The van der Waals surface area contributed by atoms with Crippen LogP contribution in [0.3, 0.4) is 0 Å². The van der Waals surface area contributed by atoms with Crippen molar-refractivity contribution < 1.29 is 47.4 Å². The van der Waals surface area contributed by atoms with Gasteiger partial charge >= 0.3 is 0 Å². The van der Waals surface area contributed by atoms with E-state index in [0.717, 1.165) is 38.4 Å². The molecule has 1 N–H and O–H groups in total. The largest absolute Gasteiger partial charge is 0.380 e. The van der Waals surface area contributed by atoms with Crippen molar-refractivity contribution in [3.05, 3.63) is 11.9 Å². The van der Waals surface area contributed by atoms with E-state index in [2.05, 4.69) is 29.5 Å². The lowest BCUT2D eigenvalue weighted by Crippen LogP contribution is -2.21. The zero-order valence-electron chi connectivity index (χ0n) is 28.1. The molecule has 14 nitrogen and oxygen atoms in total. The zero-order valence-corrected chi connectivity index (χ0v) is 28.1. The van der Waals surface area contributed by atoms with Gasteiger partial charge in [-0.15, -0.1) is 5.10 Å². The quantitative estimate of drug-likeness (QED) is 0.105.